The number of esters is 1. The van der Waals surface area contributed by atoms with E-state index in [9.17, 15) is 53.9 Å². The van der Waals surface area contributed by atoms with Crippen LogP contribution < -0.4 is 10.6 Å². The first-order valence-corrected chi connectivity index (χ1v) is 18.7. The van der Waals surface area contributed by atoms with Gasteiger partial charge in [-0.3, -0.25) is 38.9 Å². The number of nitro benzene ring substituents is 1. The summed E-state index contributed by atoms with van der Waals surface area (Å²) in [6.07, 6.45) is -0.851. The Labute approximate surface area is 338 Å². The molecular formula is C43H42N4O12. The number of carbonyl (C=O) groups excluding carboxylic acids is 6. The molecule has 59 heavy (non-hydrogen) atoms. The number of carboxylic acid groups (broad SMARTS) is 1. The van der Waals surface area contributed by atoms with E-state index in [4.69, 9.17) is 4.74 Å². The lowest BCUT2D eigenvalue weighted by Gasteiger charge is -2.30. The van der Waals surface area contributed by atoms with Gasteiger partial charge in [-0.25, -0.2) is 4.79 Å². The molecule has 4 aromatic rings. The molecule has 0 radical (unpaired) electrons. The number of phenols is 1. The third-order valence-electron chi connectivity index (χ3n) is 9.88. The average Bonchev–Trinajstić information content (AvgIpc) is 3.70. The molecule has 0 bridgehead atoms. The molecule has 1 heterocycles. The fraction of sp³-hybridized carbons (Fsp3) is 0.279. The summed E-state index contributed by atoms with van der Waals surface area (Å²) < 4.78 is 5.21. The van der Waals surface area contributed by atoms with Gasteiger partial charge in [0, 0.05) is 30.2 Å². The number of hydrogen-bond acceptors (Lipinski definition) is 11. The Bertz CT molecular complexity index is 2260. The van der Waals surface area contributed by atoms with Gasteiger partial charge in [-0.05, 0) is 55.0 Å². The summed E-state index contributed by atoms with van der Waals surface area (Å²) in [4.78, 5) is 104. The van der Waals surface area contributed by atoms with Crippen molar-refractivity contribution in [3.63, 3.8) is 0 Å². The summed E-state index contributed by atoms with van der Waals surface area (Å²) in [6, 6.07) is 19.5. The topological polar surface area (TPSA) is 240 Å². The highest BCUT2D eigenvalue weighted by molar-refractivity contribution is 6.09. The van der Waals surface area contributed by atoms with Crippen LogP contribution in [0.2, 0.25) is 0 Å². The van der Waals surface area contributed by atoms with Crippen molar-refractivity contribution in [2.24, 2.45) is 0 Å². The number of likely N-dealkylation sites (tertiary alicyclic amines) is 1. The number of phenolic OH excluding ortho intramolecular Hbond substituents is 1. The van der Waals surface area contributed by atoms with E-state index < -0.39 is 89.4 Å². The molecule has 1 saturated heterocycles. The van der Waals surface area contributed by atoms with Crippen LogP contribution in [-0.2, 0) is 41.6 Å². The van der Waals surface area contributed by atoms with Crippen LogP contribution >= 0.6 is 0 Å². The van der Waals surface area contributed by atoms with Crippen molar-refractivity contribution in [2.45, 2.75) is 64.1 Å². The molecule has 0 saturated carbocycles. The molecule has 1 unspecified atom stereocenters. The number of Topliss-reactive ketones (excluding diaryl/α,β-unsaturated/α-hetero) is 1. The number of nitro groups is 1. The van der Waals surface area contributed by atoms with E-state index in [0.29, 0.717) is 34.2 Å². The average molecular weight is 807 g/mol. The molecule has 0 spiro atoms. The van der Waals surface area contributed by atoms with Crippen LogP contribution in [-0.4, -0.2) is 92.5 Å². The van der Waals surface area contributed by atoms with Gasteiger partial charge in [0.15, 0.2) is 23.9 Å². The van der Waals surface area contributed by atoms with Gasteiger partial charge >= 0.3 is 17.6 Å². The fourth-order valence-electron chi connectivity index (χ4n) is 6.88. The van der Waals surface area contributed by atoms with Crippen LogP contribution in [0.15, 0.2) is 91.0 Å². The number of nitrogens with zero attached hydrogens (tertiary/aromatic N) is 2. The quantitative estimate of drug-likeness (QED) is 0.0516. The fourth-order valence-corrected chi connectivity index (χ4v) is 6.88. The van der Waals surface area contributed by atoms with Crippen molar-refractivity contribution in [2.75, 3.05) is 13.2 Å². The minimum absolute atomic E-state index is 0.0723. The van der Waals surface area contributed by atoms with E-state index in [0.717, 1.165) is 12.1 Å². The molecule has 3 atom stereocenters. The first kappa shape index (κ1) is 42.9. The normalized spacial score (nSPS) is 14.4. The number of aromatic hydroxyl groups is 1. The second kappa shape index (κ2) is 19.3. The Morgan fingerprint density at radius 2 is 1.49 bits per heavy atom. The Kier molecular flexibility index (Phi) is 14.0. The number of aliphatic carboxylic acids is 1. The summed E-state index contributed by atoms with van der Waals surface area (Å²) in [7, 11) is 0. The summed E-state index contributed by atoms with van der Waals surface area (Å²) in [5, 5.41) is 35.9. The maximum absolute atomic E-state index is 14.3. The van der Waals surface area contributed by atoms with E-state index in [2.05, 4.69) is 10.6 Å². The Morgan fingerprint density at radius 1 is 0.847 bits per heavy atom. The number of ketones is 2. The molecule has 1 aliphatic rings. The second-order valence-electron chi connectivity index (χ2n) is 14.1. The lowest BCUT2D eigenvalue weighted by molar-refractivity contribution is -0.385. The van der Waals surface area contributed by atoms with Gasteiger partial charge < -0.3 is 30.5 Å². The number of carboxylic acids is 1. The predicted molar refractivity (Wildman–Crippen MR) is 211 cm³/mol. The molecule has 16 nitrogen and oxygen atoms in total. The van der Waals surface area contributed by atoms with Crippen LogP contribution in [0, 0.1) is 24.0 Å². The maximum Gasteiger partial charge on any atom is 0.339 e. The van der Waals surface area contributed by atoms with E-state index in [-0.39, 0.29) is 36.3 Å². The standard InChI is InChI=1S/C43H42N4O12/c1-25-8-6-9-26(2)39(25)43(56)59-24-36(49)31(23-38(51)52)45-41(54)33-12-7-19-46(33)42(55)32(44-37(50)22-28-15-18-35(48)34(21-28)47(57)58)20-27-13-16-30(17-14-27)40(53)29-10-4-3-5-11-29/h3-6,8-11,13-18,21,31-33,48H,7,12,19-20,22-24H2,1-2H3,(H,44,50)(H,45,54)(H,51,52)/t31-,32-,33?/m0/s1. The van der Waals surface area contributed by atoms with Crippen LogP contribution in [0.3, 0.4) is 0 Å². The van der Waals surface area contributed by atoms with Gasteiger partial charge in [-0.15, -0.1) is 0 Å². The van der Waals surface area contributed by atoms with Crippen molar-refractivity contribution < 1.29 is 53.4 Å². The molecule has 0 aliphatic carbocycles. The molecule has 16 heteroatoms. The number of nitrogens with one attached hydrogen (secondary N) is 2. The van der Waals surface area contributed by atoms with Crippen LogP contribution in [0.5, 0.6) is 5.75 Å². The van der Waals surface area contributed by atoms with Crippen LogP contribution in [0.4, 0.5) is 5.69 Å². The molecule has 4 N–H and O–H groups in total. The first-order chi connectivity index (χ1) is 28.1. The highest BCUT2D eigenvalue weighted by Gasteiger charge is 2.39. The SMILES string of the molecule is Cc1cccc(C)c1C(=O)OCC(=O)[C@H](CC(=O)O)NC(=O)C1CCCN1C(=O)[C@H](Cc1ccc(C(=O)c2ccccc2)cc1)NC(=O)Cc1ccc(O)c([N+](=O)[O-])c1. The molecule has 5 rings (SSSR count). The highest BCUT2D eigenvalue weighted by atomic mass is 16.6. The smallest absolute Gasteiger partial charge is 0.339 e. The molecule has 306 valence electrons. The molecule has 1 fully saturated rings. The summed E-state index contributed by atoms with van der Waals surface area (Å²) in [6.45, 7) is 2.63. The monoisotopic (exact) mass is 806 g/mol. The Hall–Kier alpha value is -7.23. The number of hydrogen-bond donors (Lipinski definition) is 4. The number of amides is 3. The number of ether oxygens (including phenoxy) is 1. The van der Waals surface area contributed by atoms with Gasteiger partial charge in [-0.1, -0.05) is 78.9 Å². The van der Waals surface area contributed by atoms with E-state index >= 15 is 0 Å². The minimum Gasteiger partial charge on any atom is -0.502 e. The molecule has 4 aromatic carbocycles. The maximum atomic E-state index is 14.3. The molecule has 1 aliphatic heterocycles. The summed E-state index contributed by atoms with van der Waals surface area (Å²) in [5.74, 6) is -6.13. The van der Waals surface area contributed by atoms with Crippen LogP contribution in [0.25, 0.3) is 0 Å². The molecule has 3 amide bonds. The van der Waals surface area contributed by atoms with Crippen molar-refractivity contribution in [1.82, 2.24) is 15.5 Å². The molecule has 0 aromatic heterocycles. The van der Waals surface area contributed by atoms with Crippen LogP contribution in [0.1, 0.15) is 67.8 Å². The van der Waals surface area contributed by atoms with Crippen molar-refractivity contribution in [1.29, 1.82) is 0 Å². The summed E-state index contributed by atoms with van der Waals surface area (Å²) in [5.41, 5.74) is 2.42. The van der Waals surface area contributed by atoms with Gasteiger partial charge in [0.1, 0.15) is 18.1 Å². The van der Waals surface area contributed by atoms with Crippen molar-refractivity contribution in [3.8, 4) is 5.75 Å². The minimum atomic E-state index is -1.61. The number of carbonyl (C=O) groups is 7. The van der Waals surface area contributed by atoms with Gasteiger partial charge in [0.25, 0.3) is 0 Å². The van der Waals surface area contributed by atoms with E-state index in [1.54, 1.807) is 86.6 Å². The second-order valence-corrected chi connectivity index (χ2v) is 14.1. The Balaban J connectivity index is 1.33. The predicted octanol–water partition coefficient (Wildman–Crippen LogP) is 3.79. The largest absolute Gasteiger partial charge is 0.502 e. The number of rotatable bonds is 17. The van der Waals surface area contributed by atoms with E-state index in [1.807, 2.05) is 0 Å². The zero-order valence-corrected chi connectivity index (χ0v) is 32.2. The zero-order chi connectivity index (χ0) is 42.8. The first-order valence-electron chi connectivity index (χ1n) is 18.7. The zero-order valence-electron chi connectivity index (χ0n) is 32.2. The number of aryl methyl sites for hydroxylation is 2. The number of benzene rings is 4. The van der Waals surface area contributed by atoms with Gasteiger partial charge in [0.2, 0.25) is 17.7 Å². The van der Waals surface area contributed by atoms with Gasteiger partial charge in [-0.2, -0.15) is 0 Å². The Morgan fingerprint density at radius 3 is 2.14 bits per heavy atom. The van der Waals surface area contributed by atoms with Crippen molar-refractivity contribution in [3.05, 3.63) is 140 Å². The third-order valence-corrected chi connectivity index (χ3v) is 9.88. The lowest BCUT2D eigenvalue weighted by atomic mass is 9.98. The lowest BCUT2D eigenvalue weighted by Crippen LogP contribution is -2.56. The van der Waals surface area contributed by atoms with Gasteiger partial charge in [0.05, 0.1) is 23.3 Å². The summed E-state index contributed by atoms with van der Waals surface area (Å²) >= 11 is 0. The van der Waals surface area contributed by atoms with E-state index in [1.165, 1.54) is 11.0 Å². The highest BCUT2D eigenvalue weighted by Crippen LogP contribution is 2.27. The third kappa shape index (κ3) is 11.0. The molecular weight excluding hydrogens is 764 g/mol. The van der Waals surface area contributed by atoms with Crippen molar-refractivity contribution >= 4 is 46.9 Å².